The second-order valence-corrected chi connectivity index (χ2v) is 5.46. The molecule has 21 heavy (non-hydrogen) atoms. The van der Waals surface area contributed by atoms with Crippen LogP contribution in [0.25, 0.3) is 22.0 Å². The molecule has 0 radical (unpaired) electrons. The lowest BCUT2D eigenvalue weighted by atomic mass is 9.98. The van der Waals surface area contributed by atoms with Crippen molar-refractivity contribution in [2.75, 3.05) is 0 Å². The Morgan fingerprint density at radius 1 is 1.10 bits per heavy atom. The highest BCUT2D eigenvalue weighted by Crippen LogP contribution is 2.34. The first kappa shape index (κ1) is 13.4. The smallest absolute Gasteiger partial charge is 0.0810 e. The fraction of sp³-hybridized carbons (Fsp3) is 0.167. The van der Waals surface area contributed by atoms with Gasteiger partial charge in [0.15, 0.2) is 0 Å². The van der Waals surface area contributed by atoms with Gasteiger partial charge >= 0.3 is 0 Å². The zero-order valence-electron chi connectivity index (χ0n) is 12.6. The number of H-pyrrole nitrogens is 1. The Balaban J connectivity index is 2.44. The molecule has 0 atom stereocenters. The fourth-order valence-corrected chi connectivity index (χ4v) is 2.89. The van der Waals surface area contributed by atoms with E-state index >= 15 is 0 Å². The topological polar surface area (TPSA) is 54.2 Å². The molecule has 0 aliphatic carbocycles. The number of aromatic amines is 1. The zero-order chi connectivity index (χ0) is 15.0. The third-order valence-corrected chi connectivity index (χ3v) is 3.87. The van der Waals surface area contributed by atoms with Crippen LogP contribution in [-0.2, 0) is 0 Å². The lowest BCUT2D eigenvalue weighted by molar-refractivity contribution is 1.22. The molecule has 0 unspecified atom stereocenters. The molecule has 0 bridgehead atoms. The van der Waals surface area contributed by atoms with Gasteiger partial charge in [-0.2, -0.15) is 5.10 Å². The third kappa shape index (κ3) is 2.21. The van der Waals surface area contributed by atoms with Crippen molar-refractivity contribution in [3.8, 4) is 11.1 Å². The number of aromatic nitrogens is 1. The maximum Gasteiger partial charge on any atom is 0.0810 e. The molecular formula is C18H19N3. The average molecular weight is 277 g/mol. The second kappa shape index (κ2) is 5.09. The number of fused-ring (bicyclic) bond motifs is 1. The number of nitrogens with zero attached hydrogens (tertiary/aromatic N) is 1. The van der Waals surface area contributed by atoms with Gasteiger partial charge in [-0.15, -0.1) is 0 Å². The zero-order valence-corrected chi connectivity index (χ0v) is 12.6. The van der Waals surface area contributed by atoms with Gasteiger partial charge in [0, 0.05) is 16.5 Å². The molecule has 0 spiro atoms. The van der Waals surface area contributed by atoms with Crippen LogP contribution in [0.3, 0.4) is 0 Å². The molecule has 106 valence electrons. The number of nitrogens with one attached hydrogen (secondary N) is 1. The predicted octanol–water partition coefficient (Wildman–Crippen LogP) is 4.13. The van der Waals surface area contributed by atoms with Crippen molar-refractivity contribution in [3.05, 3.63) is 59.3 Å². The molecule has 3 nitrogen and oxygen atoms in total. The Morgan fingerprint density at radius 3 is 2.48 bits per heavy atom. The van der Waals surface area contributed by atoms with E-state index in [2.05, 4.69) is 60.3 Å². The number of rotatable bonds is 2. The Labute approximate surface area is 124 Å². The first-order valence-electron chi connectivity index (χ1n) is 7.05. The highest BCUT2D eigenvalue weighted by molar-refractivity contribution is 6.12. The number of benzene rings is 2. The Hall–Kier alpha value is -2.55. The van der Waals surface area contributed by atoms with E-state index in [9.17, 15) is 0 Å². The minimum Gasteiger partial charge on any atom is -0.353 e. The first-order valence-corrected chi connectivity index (χ1v) is 7.05. The van der Waals surface area contributed by atoms with E-state index in [1.54, 1.807) is 0 Å². The van der Waals surface area contributed by atoms with Gasteiger partial charge in [0.2, 0.25) is 0 Å². The largest absolute Gasteiger partial charge is 0.353 e. The quantitative estimate of drug-likeness (QED) is 0.413. The van der Waals surface area contributed by atoms with Gasteiger partial charge in [-0.05, 0) is 38.0 Å². The van der Waals surface area contributed by atoms with E-state index in [1.807, 2.05) is 13.0 Å². The van der Waals surface area contributed by atoms with Crippen LogP contribution < -0.4 is 5.84 Å². The van der Waals surface area contributed by atoms with Gasteiger partial charge in [-0.3, -0.25) is 0 Å². The summed E-state index contributed by atoms with van der Waals surface area (Å²) in [5.41, 5.74) is 7.78. The van der Waals surface area contributed by atoms with Gasteiger partial charge in [0.05, 0.1) is 11.4 Å². The van der Waals surface area contributed by atoms with Gasteiger partial charge in [0.25, 0.3) is 0 Å². The van der Waals surface area contributed by atoms with Crippen LogP contribution in [-0.4, -0.2) is 10.7 Å². The van der Waals surface area contributed by atoms with E-state index in [-0.39, 0.29) is 0 Å². The molecule has 3 rings (SSSR count). The van der Waals surface area contributed by atoms with Crippen LogP contribution in [0.4, 0.5) is 0 Å². The first-order chi connectivity index (χ1) is 10.1. The van der Waals surface area contributed by atoms with Crippen molar-refractivity contribution in [1.29, 1.82) is 0 Å². The summed E-state index contributed by atoms with van der Waals surface area (Å²) in [6.45, 7) is 6.18. The molecule has 0 aliphatic rings. The van der Waals surface area contributed by atoms with Crippen LogP contribution in [0.15, 0.2) is 47.6 Å². The number of aryl methyl sites for hydroxylation is 2. The maximum absolute atomic E-state index is 5.51. The second-order valence-electron chi connectivity index (χ2n) is 5.46. The van der Waals surface area contributed by atoms with E-state index in [0.717, 1.165) is 16.9 Å². The van der Waals surface area contributed by atoms with Gasteiger partial charge < -0.3 is 10.8 Å². The summed E-state index contributed by atoms with van der Waals surface area (Å²) in [5, 5.41) is 5.10. The Bertz CT molecular complexity index is 827. The van der Waals surface area contributed by atoms with Gasteiger partial charge in [-0.25, -0.2) is 0 Å². The van der Waals surface area contributed by atoms with Crippen molar-refractivity contribution >= 4 is 16.6 Å². The van der Waals surface area contributed by atoms with Gasteiger partial charge in [-0.1, -0.05) is 42.0 Å². The predicted molar refractivity (Wildman–Crippen MR) is 89.6 cm³/mol. The average Bonchev–Trinajstić information content (AvgIpc) is 2.87. The van der Waals surface area contributed by atoms with Crippen molar-refractivity contribution in [2.45, 2.75) is 20.8 Å². The van der Waals surface area contributed by atoms with E-state index in [0.29, 0.717) is 0 Å². The molecule has 0 amide bonds. The molecule has 0 aliphatic heterocycles. The molecule has 3 heteroatoms. The fourth-order valence-electron chi connectivity index (χ4n) is 2.89. The van der Waals surface area contributed by atoms with Crippen LogP contribution in [0.5, 0.6) is 0 Å². The van der Waals surface area contributed by atoms with E-state index in [1.165, 1.54) is 27.6 Å². The standard InChI is InChI=1S/C18H19N3/c1-11-9-12(2)17-15(10-11)16(14-7-5-4-6-8-14)18(20-17)13(3)21-19/h4-10,20H,19H2,1-3H3/b21-13+. The molecule has 0 saturated carbocycles. The Morgan fingerprint density at radius 2 is 1.81 bits per heavy atom. The van der Waals surface area contributed by atoms with Crippen LogP contribution in [0.1, 0.15) is 23.7 Å². The highest BCUT2D eigenvalue weighted by Gasteiger charge is 2.16. The summed E-state index contributed by atoms with van der Waals surface area (Å²) in [4.78, 5) is 3.50. The SMILES string of the molecule is C/C(=N\N)c1[nH]c2c(C)cc(C)cc2c1-c1ccccc1. The Kier molecular flexibility index (Phi) is 3.26. The molecule has 1 aromatic heterocycles. The molecule has 3 aromatic rings. The number of hydrazone groups is 1. The van der Waals surface area contributed by atoms with Crippen molar-refractivity contribution < 1.29 is 0 Å². The monoisotopic (exact) mass is 277 g/mol. The van der Waals surface area contributed by atoms with Crippen LogP contribution in [0, 0.1) is 13.8 Å². The lowest BCUT2D eigenvalue weighted by Gasteiger charge is -2.05. The van der Waals surface area contributed by atoms with E-state index in [4.69, 9.17) is 5.84 Å². The molecule has 1 heterocycles. The normalized spacial score (nSPS) is 12.0. The van der Waals surface area contributed by atoms with Crippen molar-refractivity contribution in [3.63, 3.8) is 0 Å². The van der Waals surface area contributed by atoms with E-state index < -0.39 is 0 Å². The maximum atomic E-state index is 5.51. The molecule has 3 N–H and O–H groups in total. The lowest BCUT2D eigenvalue weighted by Crippen LogP contribution is -2.01. The number of nitrogens with two attached hydrogens (primary N) is 1. The van der Waals surface area contributed by atoms with Gasteiger partial charge in [0.1, 0.15) is 0 Å². The molecular weight excluding hydrogens is 258 g/mol. The van der Waals surface area contributed by atoms with Crippen LogP contribution >= 0.6 is 0 Å². The number of hydrogen-bond acceptors (Lipinski definition) is 2. The van der Waals surface area contributed by atoms with Crippen molar-refractivity contribution in [2.24, 2.45) is 10.9 Å². The highest BCUT2D eigenvalue weighted by atomic mass is 15.1. The summed E-state index contributed by atoms with van der Waals surface area (Å²) in [6, 6.07) is 14.8. The third-order valence-electron chi connectivity index (χ3n) is 3.87. The number of hydrogen-bond donors (Lipinski definition) is 2. The molecule has 2 aromatic carbocycles. The summed E-state index contributed by atoms with van der Waals surface area (Å²) in [5.74, 6) is 5.51. The summed E-state index contributed by atoms with van der Waals surface area (Å²) in [7, 11) is 0. The summed E-state index contributed by atoms with van der Waals surface area (Å²) < 4.78 is 0. The van der Waals surface area contributed by atoms with Crippen molar-refractivity contribution in [1.82, 2.24) is 4.98 Å². The molecule has 0 saturated heterocycles. The summed E-state index contributed by atoms with van der Waals surface area (Å²) >= 11 is 0. The summed E-state index contributed by atoms with van der Waals surface area (Å²) in [6.07, 6.45) is 0. The minimum atomic E-state index is 0.808. The minimum absolute atomic E-state index is 0.808. The molecule has 0 fully saturated rings. The van der Waals surface area contributed by atoms with Crippen LogP contribution in [0.2, 0.25) is 0 Å².